The van der Waals surface area contributed by atoms with Crippen LogP contribution in [0.3, 0.4) is 0 Å². The van der Waals surface area contributed by atoms with Crippen LogP contribution in [0.5, 0.6) is 0 Å². The van der Waals surface area contributed by atoms with Crippen molar-refractivity contribution in [3.05, 3.63) is 47.5 Å². The Bertz CT molecular complexity index is 578. The normalized spacial score (nSPS) is 12.6. The number of hydrogen-bond donors (Lipinski definition) is 0. The number of benzene rings is 1. The van der Waals surface area contributed by atoms with Crippen molar-refractivity contribution in [2.24, 2.45) is 0 Å². The number of aromatic nitrogens is 2. The van der Waals surface area contributed by atoms with E-state index in [0.29, 0.717) is 10.6 Å². The number of hydrogen-bond acceptors (Lipinski definition) is 2. The largest absolute Gasteiger partial charge is 0.269 e. The van der Waals surface area contributed by atoms with Crippen molar-refractivity contribution in [1.82, 2.24) is 9.78 Å². The van der Waals surface area contributed by atoms with Gasteiger partial charge in [-0.15, -0.1) is 0 Å². The van der Waals surface area contributed by atoms with Crippen LogP contribution in [0.15, 0.2) is 35.2 Å². The van der Waals surface area contributed by atoms with Crippen LogP contribution in [-0.4, -0.2) is 14.0 Å². The lowest BCUT2D eigenvalue weighted by Gasteiger charge is -2.05. The van der Waals surface area contributed by atoms with E-state index in [2.05, 4.69) is 5.10 Å². The molecular weight excluding hydrogens is 263 g/mol. The Labute approximate surface area is 114 Å². The summed E-state index contributed by atoms with van der Waals surface area (Å²) in [5.41, 5.74) is 1.97. The third-order valence-electron chi connectivity index (χ3n) is 2.93. The molecule has 0 spiro atoms. The Morgan fingerprint density at radius 1 is 1.26 bits per heavy atom. The average Bonchev–Trinajstić information content (AvgIpc) is 2.81. The molecule has 2 rings (SSSR count). The van der Waals surface area contributed by atoms with Gasteiger partial charge in [-0.2, -0.15) is 5.10 Å². The first kappa shape index (κ1) is 13.9. The van der Waals surface area contributed by atoms with Gasteiger partial charge in [-0.25, -0.2) is 4.39 Å². The first-order chi connectivity index (χ1) is 9.13. The van der Waals surface area contributed by atoms with Gasteiger partial charge in [-0.3, -0.25) is 8.89 Å². The van der Waals surface area contributed by atoms with Gasteiger partial charge in [0.25, 0.3) is 0 Å². The highest BCUT2D eigenvalue weighted by Crippen LogP contribution is 2.14. The van der Waals surface area contributed by atoms with Gasteiger partial charge in [0.1, 0.15) is 5.82 Å². The van der Waals surface area contributed by atoms with Crippen LogP contribution in [0.2, 0.25) is 0 Å². The molecule has 2 aromatic rings. The summed E-state index contributed by atoms with van der Waals surface area (Å²) < 4.78 is 26.9. The molecule has 102 valence electrons. The molecule has 1 atom stereocenters. The first-order valence-corrected chi connectivity index (χ1v) is 7.65. The van der Waals surface area contributed by atoms with Gasteiger partial charge in [0, 0.05) is 11.4 Å². The highest BCUT2D eigenvalue weighted by Gasteiger charge is 2.11. The van der Waals surface area contributed by atoms with E-state index in [1.807, 2.05) is 24.6 Å². The number of nitrogens with zero attached hydrogens (tertiary/aromatic N) is 2. The number of rotatable bonds is 5. The molecule has 1 aromatic heterocycles. The predicted molar refractivity (Wildman–Crippen MR) is 73.8 cm³/mol. The molecule has 0 radical (unpaired) electrons. The lowest BCUT2D eigenvalue weighted by atomic mass is 10.3. The molecule has 1 aromatic carbocycles. The standard InChI is InChI=1S/C14H17FN2OS/c1-3-12-9-13(17(4-2)16-12)10-19(18)14-7-5-11(15)6-8-14/h5-9H,3-4,10H2,1-2H3. The van der Waals surface area contributed by atoms with Crippen molar-refractivity contribution in [3.63, 3.8) is 0 Å². The summed E-state index contributed by atoms with van der Waals surface area (Å²) in [5.74, 6) is 0.0968. The van der Waals surface area contributed by atoms with Crippen molar-refractivity contribution in [1.29, 1.82) is 0 Å². The summed E-state index contributed by atoms with van der Waals surface area (Å²) >= 11 is 0. The monoisotopic (exact) mass is 280 g/mol. The molecule has 1 unspecified atom stereocenters. The van der Waals surface area contributed by atoms with Crippen LogP contribution in [0, 0.1) is 5.82 Å². The van der Waals surface area contributed by atoms with E-state index in [1.165, 1.54) is 12.1 Å². The Balaban J connectivity index is 2.18. The fraction of sp³-hybridized carbons (Fsp3) is 0.357. The molecule has 0 fully saturated rings. The molecule has 0 bridgehead atoms. The second kappa shape index (κ2) is 6.10. The van der Waals surface area contributed by atoms with Gasteiger partial charge in [-0.1, -0.05) is 6.92 Å². The lowest BCUT2D eigenvalue weighted by Crippen LogP contribution is -2.06. The molecule has 0 aliphatic rings. The lowest BCUT2D eigenvalue weighted by molar-refractivity contribution is 0.622. The summed E-state index contributed by atoms with van der Waals surface area (Å²) in [5, 5.41) is 4.43. The topological polar surface area (TPSA) is 34.9 Å². The Hall–Kier alpha value is -1.49. The summed E-state index contributed by atoms with van der Waals surface area (Å²) in [6, 6.07) is 7.80. The maximum absolute atomic E-state index is 12.8. The highest BCUT2D eigenvalue weighted by molar-refractivity contribution is 7.84. The van der Waals surface area contributed by atoms with Crippen molar-refractivity contribution in [2.75, 3.05) is 0 Å². The number of aryl methyl sites for hydroxylation is 2. The quantitative estimate of drug-likeness (QED) is 0.844. The minimum absolute atomic E-state index is 0.312. The van der Waals surface area contributed by atoms with Gasteiger partial charge in [0.2, 0.25) is 0 Å². The van der Waals surface area contributed by atoms with Crippen molar-refractivity contribution in [3.8, 4) is 0 Å². The average molecular weight is 280 g/mol. The molecular formula is C14H17FN2OS. The molecule has 0 saturated carbocycles. The molecule has 1 heterocycles. The van der Waals surface area contributed by atoms with Crippen LogP contribution in [0.25, 0.3) is 0 Å². The van der Waals surface area contributed by atoms with Crippen LogP contribution in [0.1, 0.15) is 25.2 Å². The highest BCUT2D eigenvalue weighted by atomic mass is 32.2. The molecule has 0 aliphatic heterocycles. The molecule has 0 saturated heterocycles. The fourth-order valence-corrected chi connectivity index (χ4v) is 2.99. The zero-order valence-electron chi connectivity index (χ0n) is 11.1. The zero-order chi connectivity index (χ0) is 13.8. The van der Waals surface area contributed by atoms with E-state index in [1.54, 1.807) is 12.1 Å². The summed E-state index contributed by atoms with van der Waals surface area (Å²) in [7, 11) is -1.17. The maximum Gasteiger partial charge on any atom is 0.123 e. The van der Waals surface area contributed by atoms with Crippen LogP contribution in [0.4, 0.5) is 4.39 Å². The van der Waals surface area contributed by atoms with Crippen LogP contribution >= 0.6 is 0 Å². The fourth-order valence-electron chi connectivity index (χ4n) is 1.88. The van der Waals surface area contributed by atoms with E-state index in [4.69, 9.17) is 0 Å². The Morgan fingerprint density at radius 2 is 1.95 bits per heavy atom. The molecule has 0 aliphatic carbocycles. The predicted octanol–water partition coefficient (Wildman–Crippen LogP) is 2.91. The second-order valence-electron chi connectivity index (χ2n) is 4.24. The van der Waals surface area contributed by atoms with Crippen LogP contribution in [-0.2, 0) is 29.5 Å². The smallest absolute Gasteiger partial charge is 0.123 e. The molecule has 0 amide bonds. The summed E-state index contributed by atoms with van der Waals surface area (Å²) in [4.78, 5) is 0.642. The van der Waals surface area contributed by atoms with E-state index in [9.17, 15) is 8.60 Å². The minimum Gasteiger partial charge on any atom is -0.269 e. The van der Waals surface area contributed by atoms with Gasteiger partial charge < -0.3 is 0 Å². The molecule has 3 nitrogen and oxygen atoms in total. The zero-order valence-corrected chi connectivity index (χ0v) is 11.9. The van der Waals surface area contributed by atoms with Crippen molar-refractivity contribution >= 4 is 10.8 Å². The molecule has 0 N–H and O–H groups in total. The van der Waals surface area contributed by atoms with Gasteiger partial charge in [0.15, 0.2) is 0 Å². The summed E-state index contributed by atoms with van der Waals surface area (Å²) in [6.07, 6.45) is 0.864. The van der Waals surface area contributed by atoms with Crippen molar-refractivity contribution in [2.45, 2.75) is 37.5 Å². The third-order valence-corrected chi connectivity index (χ3v) is 4.29. The maximum atomic E-state index is 12.8. The molecule has 19 heavy (non-hydrogen) atoms. The van der Waals surface area contributed by atoms with E-state index >= 15 is 0 Å². The number of halogens is 1. The van der Waals surface area contributed by atoms with E-state index in [0.717, 1.165) is 24.4 Å². The Morgan fingerprint density at radius 3 is 2.53 bits per heavy atom. The van der Waals surface area contributed by atoms with Gasteiger partial charge in [-0.05, 0) is 43.7 Å². The summed E-state index contributed by atoms with van der Waals surface area (Å²) in [6.45, 7) is 4.82. The van der Waals surface area contributed by atoms with Crippen molar-refractivity contribution < 1.29 is 8.60 Å². The van der Waals surface area contributed by atoms with E-state index < -0.39 is 10.8 Å². The van der Waals surface area contributed by atoms with Gasteiger partial charge in [0.05, 0.1) is 27.9 Å². The Kier molecular flexibility index (Phi) is 4.47. The van der Waals surface area contributed by atoms with E-state index in [-0.39, 0.29) is 5.82 Å². The molecule has 5 heteroatoms. The van der Waals surface area contributed by atoms with Gasteiger partial charge >= 0.3 is 0 Å². The SMILES string of the molecule is CCc1cc(CS(=O)c2ccc(F)cc2)n(CC)n1. The third kappa shape index (κ3) is 3.29. The second-order valence-corrected chi connectivity index (χ2v) is 5.69. The first-order valence-electron chi connectivity index (χ1n) is 6.33. The minimum atomic E-state index is -1.17. The van der Waals surface area contributed by atoms with Crippen LogP contribution < -0.4 is 0 Å².